The monoisotopic (exact) mass is 388 g/mol. The lowest BCUT2D eigenvalue weighted by atomic mass is 9.78. The van der Waals surface area contributed by atoms with E-state index in [0.717, 1.165) is 22.5 Å². The summed E-state index contributed by atoms with van der Waals surface area (Å²) in [6.45, 7) is 0. The molecule has 0 bridgehead atoms. The first-order valence-corrected chi connectivity index (χ1v) is 9.38. The van der Waals surface area contributed by atoms with Crippen LogP contribution in [-0.4, -0.2) is 44.1 Å². The molecule has 0 radical (unpaired) electrons. The molecular formula is C22H24N6O. The summed E-state index contributed by atoms with van der Waals surface area (Å²) >= 11 is 0. The third-order valence-electron chi connectivity index (χ3n) is 5.27. The van der Waals surface area contributed by atoms with Crippen molar-refractivity contribution in [3.05, 3.63) is 83.4 Å². The van der Waals surface area contributed by atoms with Crippen molar-refractivity contribution in [1.82, 2.24) is 20.8 Å². The van der Waals surface area contributed by atoms with E-state index in [4.69, 9.17) is 0 Å². The Morgan fingerprint density at radius 3 is 1.72 bits per heavy atom. The Morgan fingerprint density at radius 2 is 1.24 bits per heavy atom. The van der Waals surface area contributed by atoms with Crippen LogP contribution in [0.25, 0.3) is 0 Å². The quantitative estimate of drug-likeness (QED) is 0.714. The van der Waals surface area contributed by atoms with Gasteiger partial charge in [0.05, 0.1) is 0 Å². The minimum Gasteiger partial charge on any atom is -0.378 e. The summed E-state index contributed by atoms with van der Waals surface area (Å²) in [5, 5.41) is 0. The second kappa shape index (κ2) is 7.18. The van der Waals surface area contributed by atoms with Gasteiger partial charge < -0.3 is 9.80 Å². The van der Waals surface area contributed by atoms with Crippen LogP contribution in [0.4, 0.5) is 11.4 Å². The molecule has 1 aliphatic rings. The van der Waals surface area contributed by atoms with Crippen molar-refractivity contribution < 1.29 is 4.79 Å². The van der Waals surface area contributed by atoms with Crippen molar-refractivity contribution in [3.63, 3.8) is 0 Å². The summed E-state index contributed by atoms with van der Waals surface area (Å²) in [5.74, 6) is -0.293. The highest BCUT2D eigenvalue weighted by atomic mass is 16.2. The summed E-state index contributed by atoms with van der Waals surface area (Å²) in [4.78, 5) is 25.4. The Labute approximate surface area is 170 Å². The van der Waals surface area contributed by atoms with E-state index in [1.54, 1.807) is 12.4 Å². The standard InChI is InChI=1S/C22H24N6O/c1-27(2)17-9-5-15(6-10-17)22(16-7-11-18(12-8-16)28(3)4)20-19(21(29)25-26-22)23-13-14-24-20/h5-14,26H,1-4H3,(H,25,29). The maximum Gasteiger partial charge on any atom is 0.286 e. The fraction of sp³-hybridized carbons (Fsp3) is 0.227. The first-order valence-electron chi connectivity index (χ1n) is 9.38. The average Bonchev–Trinajstić information content (AvgIpc) is 2.75. The Bertz CT molecular complexity index is 976. The van der Waals surface area contributed by atoms with Crippen LogP contribution in [0.3, 0.4) is 0 Å². The molecule has 2 heterocycles. The molecule has 0 saturated heterocycles. The van der Waals surface area contributed by atoms with Crippen molar-refractivity contribution >= 4 is 17.3 Å². The minimum absolute atomic E-state index is 0.293. The molecule has 0 atom stereocenters. The van der Waals surface area contributed by atoms with E-state index in [9.17, 15) is 4.79 Å². The van der Waals surface area contributed by atoms with Gasteiger partial charge in [-0.1, -0.05) is 24.3 Å². The maximum atomic E-state index is 12.4. The van der Waals surface area contributed by atoms with Gasteiger partial charge in [0.25, 0.3) is 5.91 Å². The molecule has 0 saturated carbocycles. The number of aromatic nitrogens is 2. The largest absolute Gasteiger partial charge is 0.378 e. The summed E-state index contributed by atoms with van der Waals surface area (Å²) in [7, 11) is 8.02. The topological polar surface area (TPSA) is 73.4 Å². The molecule has 1 aliphatic heterocycles. The first-order chi connectivity index (χ1) is 13.9. The van der Waals surface area contributed by atoms with E-state index < -0.39 is 5.54 Å². The first kappa shape index (κ1) is 18.9. The third kappa shape index (κ3) is 3.09. The number of hydrazine groups is 1. The fourth-order valence-corrected chi connectivity index (χ4v) is 3.65. The Hall–Kier alpha value is -3.45. The molecule has 0 spiro atoms. The molecule has 1 aromatic heterocycles. The van der Waals surface area contributed by atoms with Crippen LogP contribution in [0.2, 0.25) is 0 Å². The van der Waals surface area contributed by atoms with Gasteiger partial charge in [-0.05, 0) is 35.4 Å². The number of fused-ring (bicyclic) bond motifs is 1. The molecule has 0 unspecified atom stereocenters. The van der Waals surface area contributed by atoms with Crippen molar-refractivity contribution in [2.45, 2.75) is 5.54 Å². The minimum atomic E-state index is -0.854. The number of benzene rings is 2. The van der Waals surface area contributed by atoms with Crippen LogP contribution in [0.5, 0.6) is 0 Å². The van der Waals surface area contributed by atoms with Gasteiger partial charge in [-0.2, -0.15) is 0 Å². The van der Waals surface area contributed by atoms with Crippen molar-refractivity contribution in [2.24, 2.45) is 0 Å². The summed E-state index contributed by atoms with van der Waals surface area (Å²) in [5.41, 5.74) is 10.2. The van der Waals surface area contributed by atoms with Crippen molar-refractivity contribution in [3.8, 4) is 0 Å². The van der Waals surface area contributed by atoms with Crippen molar-refractivity contribution in [1.29, 1.82) is 0 Å². The van der Waals surface area contributed by atoms with Crippen LogP contribution in [0.15, 0.2) is 60.9 Å². The summed E-state index contributed by atoms with van der Waals surface area (Å²) < 4.78 is 0. The van der Waals surface area contributed by atoms with Gasteiger partial charge in [0, 0.05) is 52.0 Å². The number of carbonyl (C=O) groups is 1. The smallest absolute Gasteiger partial charge is 0.286 e. The highest BCUT2D eigenvalue weighted by Gasteiger charge is 2.44. The molecule has 7 nitrogen and oxygen atoms in total. The number of anilines is 2. The van der Waals surface area contributed by atoms with Crippen LogP contribution in [0, 0.1) is 0 Å². The molecule has 7 heteroatoms. The number of hydrogen-bond donors (Lipinski definition) is 2. The van der Waals surface area contributed by atoms with E-state index in [-0.39, 0.29) is 5.91 Å². The molecule has 148 valence electrons. The lowest BCUT2D eigenvalue weighted by Gasteiger charge is -2.39. The molecule has 0 fully saturated rings. The van der Waals surface area contributed by atoms with Gasteiger partial charge in [0.15, 0.2) is 5.69 Å². The van der Waals surface area contributed by atoms with Gasteiger partial charge in [-0.3, -0.25) is 15.2 Å². The molecule has 0 aliphatic carbocycles. The number of nitrogens with one attached hydrogen (secondary N) is 2. The van der Waals surface area contributed by atoms with Gasteiger partial charge >= 0.3 is 0 Å². The predicted molar refractivity (Wildman–Crippen MR) is 114 cm³/mol. The lowest BCUT2D eigenvalue weighted by Crippen LogP contribution is -2.59. The predicted octanol–water partition coefficient (Wildman–Crippen LogP) is 2.15. The van der Waals surface area contributed by atoms with Gasteiger partial charge in [-0.25, -0.2) is 10.4 Å². The number of rotatable bonds is 4. The van der Waals surface area contributed by atoms with E-state index in [2.05, 4.69) is 69.4 Å². The van der Waals surface area contributed by atoms with Crippen LogP contribution in [-0.2, 0) is 5.54 Å². The maximum absolute atomic E-state index is 12.4. The fourth-order valence-electron chi connectivity index (χ4n) is 3.65. The number of amides is 1. The van der Waals surface area contributed by atoms with Crippen molar-refractivity contribution in [2.75, 3.05) is 38.0 Å². The van der Waals surface area contributed by atoms with E-state index in [1.807, 2.05) is 38.0 Å². The molecular weight excluding hydrogens is 364 g/mol. The second-order valence-corrected chi connectivity index (χ2v) is 7.47. The molecule has 4 rings (SSSR count). The normalized spacial score (nSPS) is 14.7. The molecule has 2 aromatic carbocycles. The van der Waals surface area contributed by atoms with Crippen LogP contribution < -0.4 is 20.7 Å². The number of carbonyl (C=O) groups excluding carboxylic acids is 1. The van der Waals surface area contributed by atoms with Gasteiger partial charge in [-0.15, -0.1) is 0 Å². The second-order valence-electron chi connectivity index (χ2n) is 7.47. The van der Waals surface area contributed by atoms with Gasteiger partial charge in [0.2, 0.25) is 0 Å². The highest BCUT2D eigenvalue weighted by molar-refractivity contribution is 5.95. The zero-order valence-corrected chi connectivity index (χ0v) is 17.0. The molecule has 3 aromatic rings. The molecule has 1 amide bonds. The lowest BCUT2D eigenvalue weighted by molar-refractivity contribution is 0.0888. The van der Waals surface area contributed by atoms with E-state index >= 15 is 0 Å². The highest BCUT2D eigenvalue weighted by Crippen LogP contribution is 2.39. The third-order valence-corrected chi connectivity index (χ3v) is 5.27. The molecule has 2 N–H and O–H groups in total. The number of hydrogen-bond acceptors (Lipinski definition) is 6. The molecule has 29 heavy (non-hydrogen) atoms. The Balaban J connectivity index is 1.95. The number of nitrogens with zero attached hydrogens (tertiary/aromatic N) is 4. The van der Waals surface area contributed by atoms with Crippen LogP contribution in [0.1, 0.15) is 27.3 Å². The van der Waals surface area contributed by atoms with Crippen LogP contribution >= 0.6 is 0 Å². The summed E-state index contributed by atoms with van der Waals surface area (Å²) in [6, 6.07) is 16.4. The average molecular weight is 388 g/mol. The van der Waals surface area contributed by atoms with E-state index in [1.165, 1.54) is 0 Å². The Kier molecular flexibility index (Phi) is 4.68. The van der Waals surface area contributed by atoms with Gasteiger partial charge in [0.1, 0.15) is 11.2 Å². The summed E-state index contributed by atoms with van der Waals surface area (Å²) in [6.07, 6.45) is 3.16. The zero-order chi connectivity index (χ0) is 20.6. The zero-order valence-electron chi connectivity index (χ0n) is 17.0. The Morgan fingerprint density at radius 1 is 0.759 bits per heavy atom. The SMILES string of the molecule is CN(C)c1ccc(C2(c3ccc(N(C)C)cc3)NNC(=O)c3nccnc32)cc1. The van der Waals surface area contributed by atoms with E-state index in [0.29, 0.717) is 11.4 Å².